The van der Waals surface area contributed by atoms with E-state index in [-0.39, 0.29) is 12.5 Å². The van der Waals surface area contributed by atoms with Crippen molar-refractivity contribution in [3.63, 3.8) is 0 Å². The Morgan fingerprint density at radius 2 is 2.12 bits per heavy atom. The molecular weight excluding hydrogens is 224 g/mol. The molecule has 2 unspecified atom stereocenters. The quantitative estimate of drug-likeness (QED) is 0.661. The number of aliphatic carboxylic acids is 1. The van der Waals surface area contributed by atoms with Crippen LogP contribution in [0.5, 0.6) is 0 Å². The van der Waals surface area contributed by atoms with E-state index in [2.05, 4.69) is 5.32 Å². The molecule has 0 aromatic rings. The van der Waals surface area contributed by atoms with Gasteiger partial charge in [0.15, 0.2) is 0 Å². The molecule has 0 radical (unpaired) electrons. The molecule has 3 N–H and O–H groups in total. The summed E-state index contributed by atoms with van der Waals surface area (Å²) in [5.74, 6) is -0.827. The van der Waals surface area contributed by atoms with Crippen molar-refractivity contribution in [1.29, 1.82) is 0 Å². The van der Waals surface area contributed by atoms with Gasteiger partial charge in [0.05, 0.1) is 6.10 Å². The minimum absolute atomic E-state index is 0.195. The summed E-state index contributed by atoms with van der Waals surface area (Å²) in [7, 11) is 0. The van der Waals surface area contributed by atoms with E-state index in [9.17, 15) is 14.7 Å². The molecule has 17 heavy (non-hydrogen) atoms. The molecule has 0 saturated carbocycles. The number of rotatable bonds is 4. The van der Waals surface area contributed by atoms with Gasteiger partial charge in [0.2, 0.25) is 0 Å². The summed E-state index contributed by atoms with van der Waals surface area (Å²) in [6.07, 6.45) is 0.460. The van der Waals surface area contributed by atoms with Gasteiger partial charge < -0.3 is 20.4 Å². The molecule has 6 heteroatoms. The molecule has 1 aliphatic heterocycles. The molecule has 0 aromatic carbocycles. The lowest BCUT2D eigenvalue weighted by Crippen LogP contribution is -2.47. The van der Waals surface area contributed by atoms with Crippen molar-refractivity contribution < 1.29 is 19.8 Å². The number of aliphatic hydroxyl groups is 1. The van der Waals surface area contributed by atoms with Crippen LogP contribution in [0.3, 0.4) is 0 Å². The monoisotopic (exact) mass is 244 g/mol. The molecule has 1 fully saturated rings. The number of β-amino-alcohol motifs (C(OH)–C–C–N with tert-alkyl or cyclic N) is 1. The molecule has 2 atom stereocenters. The van der Waals surface area contributed by atoms with E-state index in [4.69, 9.17) is 5.11 Å². The average Bonchev–Trinajstić information content (AvgIpc) is 2.63. The van der Waals surface area contributed by atoms with Gasteiger partial charge in [-0.2, -0.15) is 0 Å². The summed E-state index contributed by atoms with van der Waals surface area (Å²) in [5.41, 5.74) is 0. The number of carbonyl (C=O) groups excluding carboxylic acids is 1. The zero-order valence-electron chi connectivity index (χ0n) is 10.2. The number of carboxylic acids is 1. The second kappa shape index (κ2) is 5.86. The second-order valence-corrected chi connectivity index (χ2v) is 4.86. The lowest BCUT2D eigenvalue weighted by atomic mass is 10.0. The topological polar surface area (TPSA) is 89.9 Å². The number of nitrogens with zero attached hydrogens (tertiary/aromatic N) is 1. The first kappa shape index (κ1) is 13.8. The Balaban J connectivity index is 2.49. The van der Waals surface area contributed by atoms with Crippen LogP contribution in [-0.4, -0.2) is 52.3 Å². The van der Waals surface area contributed by atoms with Crippen LogP contribution in [0.2, 0.25) is 0 Å². The highest BCUT2D eigenvalue weighted by Gasteiger charge is 2.28. The first-order chi connectivity index (χ1) is 7.90. The minimum atomic E-state index is -1.02. The average molecular weight is 244 g/mol. The number of aliphatic hydroxyl groups excluding tert-OH is 1. The van der Waals surface area contributed by atoms with Gasteiger partial charge in [0.1, 0.15) is 6.04 Å². The van der Waals surface area contributed by atoms with Gasteiger partial charge in [-0.25, -0.2) is 9.59 Å². The first-order valence-electron chi connectivity index (χ1n) is 5.86. The molecule has 1 rings (SSSR count). The predicted molar refractivity (Wildman–Crippen MR) is 61.6 cm³/mol. The van der Waals surface area contributed by atoms with Crippen LogP contribution < -0.4 is 5.32 Å². The maximum Gasteiger partial charge on any atom is 0.326 e. The van der Waals surface area contributed by atoms with Crippen molar-refractivity contribution in [2.75, 3.05) is 13.1 Å². The van der Waals surface area contributed by atoms with Crippen molar-refractivity contribution in [2.45, 2.75) is 38.8 Å². The molecule has 0 spiro atoms. The zero-order chi connectivity index (χ0) is 13.0. The van der Waals surface area contributed by atoms with E-state index >= 15 is 0 Å². The van der Waals surface area contributed by atoms with Crippen LogP contribution in [0.4, 0.5) is 4.79 Å². The molecule has 0 bridgehead atoms. The predicted octanol–water partition coefficient (Wildman–Crippen LogP) is 0.262. The van der Waals surface area contributed by atoms with Crippen LogP contribution in [0.25, 0.3) is 0 Å². The van der Waals surface area contributed by atoms with Crippen molar-refractivity contribution in [3.05, 3.63) is 0 Å². The van der Waals surface area contributed by atoms with Crippen molar-refractivity contribution in [3.8, 4) is 0 Å². The molecule has 1 aliphatic rings. The van der Waals surface area contributed by atoms with Gasteiger partial charge in [-0.1, -0.05) is 13.8 Å². The number of amides is 2. The van der Waals surface area contributed by atoms with E-state index in [0.717, 1.165) is 0 Å². The van der Waals surface area contributed by atoms with Crippen molar-refractivity contribution in [2.24, 2.45) is 5.92 Å². The highest BCUT2D eigenvalue weighted by atomic mass is 16.4. The molecule has 2 amide bonds. The molecule has 0 aliphatic carbocycles. The fourth-order valence-corrected chi connectivity index (χ4v) is 1.86. The summed E-state index contributed by atoms with van der Waals surface area (Å²) in [6, 6.07) is -1.27. The van der Waals surface area contributed by atoms with Gasteiger partial charge in [0, 0.05) is 13.1 Å². The number of hydrogen-bond acceptors (Lipinski definition) is 3. The van der Waals surface area contributed by atoms with Crippen LogP contribution in [0.1, 0.15) is 26.7 Å². The largest absolute Gasteiger partial charge is 0.480 e. The Kier molecular flexibility index (Phi) is 4.74. The van der Waals surface area contributed by atoms with E-state index in [1.54, 1.807) is 0 Å². The summed E-state index contributed by atoms with van der Waals surface area (Å²) in [5, 5.41) is 20.8. The second-order valence-electron chi connectivity index (χ2n) is 4.86. The lowest BCUT2D eigenvalue weighted by Gasteiger charge is -2.21. The maximum atomic E-state index is 11.7. The third-order valence-electron chi connectivity index (χ3n) is 2.75. The van der Waals surface area contributed by atoms with Crippen LogP contribution in [0, 0.1) is 5.92 Å². The molecule has 1 saturated heterocycles. The number of nitrogens with one attached hydrogen (secondary N) is 1. The Labute approximate surface area is 101 Å². The summed E-state index contributed by atoms with van der Waals surface area (Å²) >= 11 is 0. The smallest absolute Gasteiger partial charge is 0.326 e. The zero-order valence-corrected chi connectivity index (χ0v) is 10.2. The third-order valence-corrected chi connectivity index (χ3v) is 2.75. The van der Waals surface area contributed by atoms with E-state index in [0.29, 0.717) is 19.4 Å². The van der Waals surface area contributed by atoms with Crippen LogP contribution in [0.15, 0.2) is 0 Å². The number of carbonyl (C=O) groups is 2. The van der Waals surface area contributed by atoms with E-state index < -0.39 is 24.1 Å². The number of likely N-dealkylation sites (tertiary alicyclic amines) is 1. The van der Waals surface area contributed by atoms with E-state index in [1.165, 1.54) is 4.90 Å². The fourth-order valence-electron chi connectivity index (χ4n) is 1.86. The number of urea groups is 1. The molecular formula is C11H20N2O4. The van der Waals surface area contributed by atoms with Gasteiger partial charge in [-0.3, -0.25) is 0 Å². The van der Waals surface area contributed by atoms with Crippen molar-refractivity contribution >= 4 is 12.0 Å². The first-order valence-corrected chi connectivity index (χ1v) is 5.86. The Morgan fingerprint density at radius 1 is 1.47 bits per heavy atom. The third kappa shape index (κ3) is 4.22. The van der Waals surface area contributed by atoms with Gasteiger partial charge >= 0.3 is 12.0 Å². The molecule has 98 valence electrons. The molecule has 6 nitrogen and oxygen atoms in total. The van der Waals surface area contributed by atoms with Crippen LogP contribution >= 0.6 is 0 Å². The lowest BCUT2D eigenvalue weighted by molar-refractivity contribution is -0.139. The summed E-state index contributed by atoms with van der Waals surface area (Å²) in [4.78, 5) is 24.1. The highest BCUT2D eigenvalue weighted by molar-refractivity contribution is 5.82. The summed E-state index contributed by atoms with van der Waals surface area (Å²) in [6.45, 7) is 4.56. The fraction of sp³-hybridized carbons (Fsp3) is 0.818. The van der Waals surface area contributed by atoms with Gasteiger partial charge in [0.25, 0.3) is 0 Å². The Hall–Kier alpha value is -1.30. The standard InChI is InChI=1S/C11H20N2O4/c1-7(2)5-9(10(15)16)12-11(17)13-4-3-8(14)6-13/h7-9,14H,3-6H2,1-2H3,(H,12,17)(H,15,16). The number of hydrogen-bond donors (Lipinski definition) is 3. The Morgan fingerprint density at radius 3 is 2.53 bits per heavy atom. The number of carboxylic acid groups (broad SMARTS) is 1. The Bertz CT molecular complexity index is 293. The highest BCUT2D eigenvalue weighted by Crippen LogP contribution is 2.10. The minimum Gasteiger partial charge on any atom is -0.480 e. The van der Waals surface area contributed by atoms with Crippen LogP contribution in [-0.2, 0) is 4.79 Å². The van der Waals surface area contributed by atoms with E-state index in [1.807, 2.05) is 13.8 Å². The van der Waals surface area contributed by atoms with Gasteiger partial charge in [-0.05, 0) is 18.8 Å². The normalized spacial score (nSPS) is 21.6. The maximum absolute atomic E-state index is 11.7. The van der Waals surface area contributed by atoms with Gasteiger partial charge in [-0.15, -0.1) is 0 Å². The summed E-state index contributed by atoms with van der Waals surface area (Å²) < 4.78 is 0. The molecule has 0 aromatic heterocycles. The van der Waals surface area contributed by atoms with Crippen molar-refractivity contribution in [1.82, 2.24) is 10.2 Å². The molecule has 1 heterocycles. The SMILES string of the molecule is CC(C)CC(NC(=O)N1CCC(O)C1)C(=O)O.